The van der Waals surface area contributed by atoms with E-state index >= 15 is 0 Å². The number of rotatable bonds is 6. The van der Waals surface area contributed by atoms with E-state index in [1.807, 2.05) is 6.92 Å². The highest BCUT2D eigenvalue weighted by Crippen LogP contribution is 2.10. The van der Waals surface area contributed by atoms with Crippen molar-refractivity contribution in [1.82, 2.24) is 5.32 Å². The standard InChI is InChI=1S/C13H18N2O3/c1-3-14-9-12(16)15-11-7-5-10(6-8-11)13(17)18-4-2/h5-8,14H,3-4,9H2,1-2H3,(H,15,16). The Balaban J connectivity index is 2.55. The Bertz CT molecular complexity index is 401. The summed E-state index contributed by atoms with van der Waals surface area (Å²) in [6.07, 6.45) is 0. The van der Waals surface area contributed by atoms with Gasteiger partial charge in [-0.3, -0.25) is 4.79 Å². The monoisotopic (exact) mass is 250 g/mol. The van der Waals surface area contributed by atoms with Gasteiger partial charge in [-0.05, 0) is 37.7 Å². The van der Waals surface area contributed by atoms with E-state index in [1.54, 1.807) is 31.2 Å². The maximum atomic E-state index is 11.4. The van der Waals surface area contributed by atoms with Gasteiger partial charge in [0.1, 0.15) is 0 Å². The van der Waals surface area contributed by atoms with Crippen LogP contribution in [0.1, 0.15) is 24.2 Å². The zero-order chi connectivity index (χ0) is 13.4. The molecule has 0 spiro atoms. The molecule has 18 heavy (non-hydrogen) atoms. The second-order valence-corrected chi connectivity index (χ2v) is 3.63. The number of hydrogen-bond acceptors (Lipinski definition) is 4. The minimum atomic E-state index is -0.358. The van der Waals surface area contributed by atoms with Crippen LogP contribution in [0, 0.1) is 0 Å². The first-order valence-corrected chi connectivity index (χ1v) is 5.95. The summed E-state index contributed by atoms with van der Waals surface area (Å²) in [5.41, 5.74) is 1.13. The fraction of sp³-hybridized carbons (Fsp3) is 0.385. The molecule has 0 heterocycles. The molecule has 0 bridgehead atoms. The van der Waals surface area contributed by atoms with Gasteiger partial charge in [0.15, 0.2) is 0 Å². The lowest BCUT2D eigenvalue weighted by Gasteiger charge is -2.06. The Kier molecular flexibility index (Phi) is 5.87. The molecule has 0 aliphatic heterocycles. The maximum Gasteiger partial charge on any atom is 0.338 e. The fourth-order valence-corrected chi connectivity index (χ4v) is 1.35. The molecule has 2 N–H and O–H groups in total. The van der Waals surface area contributed by atoms with E-state index in [1.165, 1.54) is 0 Å². The number of esters is 1. The molecule has 0 saturated heterocycles. The van der Waals surface area contributed by atoms with Crippen LogP contribution in [-0.4, -0.2) is 31.6 Å². The molecule has 98 valence electrons. The van der Waals surface area contributed by atoms with Crippen LogP contribution in [0.15, 0.2) is 24.3 Å². The molecule has 1 rings (SSSR count). The van der Waals surface area contributed by atoms with E-state index in [-0.39, 0.29) is 18.4 Å². The lowest BCUT2D eigenvalue weighted by atomic mass is 10.2. The van der Waals surface area contributed by atoms with Gasteiger partial charge in [0.05, 0.1) is 18.7 Å². The lowest BCUT2D eigenvalue weighted by molar-refractivity contribution is -0.115. The first-order chi connectivity index (χ1) is 8.67. The highest BCUT2D eigenvalue weighted by Gasteiger charge is 2.06. The minimum Gasteiger partial charge on any atom is -0.462 e. The van der Waals surface area contributed by atoms with Crippen molar-refractivity contribution < 1.29 is 14.3 Å². The van der Waals surface area contributed by atoms with Crippen molar-refractivity contribution in [3.05, 3.63) is 29.8 Å². The van der Waals surface area contributed by atoms with Crippen molar-refractivity contribution in [2.75, 3.05) is 25.0 Å². The third kappa shape index (κ3) is 4.55. The van der Waals surface area contributed by atoms with E-state index in [0.717, 1.165) is 6.54 Å². The number of carbonyl (C=O) groups is 2. The van der Waals surface area contributed by atoms with Crippen molar-refractivity contribution >= 4 is 17.6 Å². The average Bonchev–Trinajstić information content (AvgIpc) is 2.37. The predicted octanol–water partition coefficient (Wildman–Crippen LogP) is 1.41. The van der Waals surface area contributed by atoms with Gasteiger partial charge in [0.25, 0.3) is 0 Å². The van der Waals surface area contributed by atoms with Crippen molar-refractivity contribution in [3.63, 3.8) is 0 Å². The predicted molar refractivity (Wildman–Crippen MR) is 69.6 cm³/mol. The van der Waals surface area contributed by atoms with Crippen LogP contribution in [0.4, 0.5) is 5.69 Å². The lowest BCUT2D eigenvalue weighted by Crippen LogP contribution is -2.27. The Morgan fingerprint density at radius 2 is 1.83 bits per heavy atom. The molecular weight excluding hydrogens is 232 g/mol. The van der Waals surface area contributed by atoms with Crippen LogP contribution in [0.5, 0.6) is 0 Å². The summed E-state index contributed by atoms with van der Waals surface area (Å²) in [4.78, 5) is 22.8. The largest absolute Gasteiger partial charge is 0.462 e. The van der Waals surface area contributed by atoms with Crippen LogP contribution in [0.3, 0.4) is 0 Å². The molecule has 0 radical (unpaired) electrons. The van der Waals surface area contributed by atoms with Gasteiger partial charge >= 0.3 is 5.97 Å². The van der Waals surface area contributed by atoms with Crippen LogP contribution in [0.25, 0.3) is 0 Å². The number of benzene rings is 1. The summed E-state index contributed by atoms with van der Waals surface area (Å²) < 4.78 is 4.87. The topological polar surface area (TPSA) is 67.4 Å². The first-order valence-electron chi connectivity index (χ1n) is 5.95. The Morgan fingerprint density at radius 3 is 2.39 bits per heavy atom. The Morgan fingerprint density at radius 1 is 1.17 bits per heavy atom. The molecular formula is C13H18N2O3. The van der Waals surface area contributed by atoms with Gasteiger partial charge in [-0.25, -0.2) is 4.79 Å². The molecule has 1 amide bonds. The zero-order valence-corrected chi connectivity index (χ0v) is 10.7. The number of anilines is 1. The molecule has 5 heteroatoms. The smallest absolute Gasteiger partial charge is 0.338 e. The third-order valence-corrected chi connectivity index (χ3v) is 2.22. The summed E-state index contributed by atoms with van der Waals surface area (Å²) in [6.45, 7) is 5.06. The Hall–Kier alpha value is -1.88. The van der Waals surface area contributed by atoms with Gasteiger partial charge in [0, 0.05) is 5.69 Å². The molecule has 0 aliphatic carbocycles. The van der Waals surface area contributed by atoms with E-state index in [2.05, 4.69) is 10.6 Å². The van der Waals surface area contributed by atoms with Crippen molar-refractivity contribution in [2.24, 2.45) is 0 Å². The van der Waals surface area contributed by atoms with E-state index in [9.17, 15) is 9.59 Å². The fourth-order valence-electron chi connectivity index (χ4n) is 1.35. The van der Waals surface area contributed by atoms with Crippen molar-refractivity contribution in [2.45, 2.75) is 13.8 Å². The van der Waals surface area contributed by atoms with Crippen LogP contribution in [0.2, 0.25) is 0 Å². The molecule has 0 fully saturated rings. The molecule has 0 aromatic heterocycles. The molecule has 0 atom stereocenters. The van der Waals surface area contributed by atoms with Gasteiger partial charge in [-0.1, -0.05) is 6.92 Å². The number of ether oxygens (including phenoxy) is 1. The maximum absolute atomic E-state index is 11.4. The second-order valence-electron chi connectivity index (χ2n) is 3.63. The number of hydrogen-bond donors (Lipinski definition) is 2. The minimum absolute atomic E-state index is 0.110. The second kappa shape index (κ2) is 7.45. The highest BCUT2D eigenvalue weighted by molar-refractivity contribution is 5.93. The van der Waals surface area contributed by atoms with Crippen LogP contribution in [-0.2, 0) is 9.53 Å². The zero-order valence-electron chi connectivity index (χ0n) is 10.7. The SMILES string of the molecule is CCNCC(=O)Nc1ccc(C(=O)OCC)cc1. The summed E-state index contributed by atoms with van der Waals surface area (Å²) >= 11 is 0. The third-order valence-electron chi connectivity index (χ3n) is 2.22. The van der Waals surface area contributed by atoms with Crippen LogP contribution < -0.4 is 10.6 Å². The van der Waals surface area contributed by atoms with Crippen LogP contribution >= 0.6 is 0 Å². The average molecular weight is 250 g/mol. The van der Waals surface area contributed by atoms with Gasteiger partial charge in [-0.15, -0.1) is 0 Å². The molecule has 0 aliphatic rings. The summed E-state index contributed by atoms with van der Waals surface area (Å²) in [5.74, 6) is -0.469. The first kappa shape index (κ1) is 14.2. The van der Waals surface area contributed by atoms with Gasteiger partial charge in [-0.2, -0.15) is 0 Å². The van der Waals surface area contributed by atoms with Gasteiger partial charge < -0.3 is 15.4 Å². The highest BCUT2D eigenvalue weighted by atomic mass is 16.5. The molecule has 1 aromatic carbocycles. The van der Waals surface area contributed by atoms with Gasteiger partial charge in [0.2, 0.25) is 5.91 Å². The quantitative estimate of drug-likeness (QED) is 0.749. The van der Waals surface area contributed by atoms with Crippen molar-refractivity contribution in [1.29, 1.82) is 0 Å². The molecule has 0 saturated carbocycles. The van der Waals surface area contributed by atoms with Crippen molar-refractivity contribution in [3.8, 4) is 0 Å². The Labute approximate surface area is 107 Å². The summed E-state index contributed by atoms with van der Waals surface area (Å²) in [5, 5.41) is 5.65. The molecule has 5 nitrogen and oxygen atoms in total. The summed E-state index contributed by atoms with van der Waals surface area (Å²) in [6, 6.07) is 6.61. The van der Waals surface area contributed by atoms with E-state index in [4.69, 9.17) is 4.74 Å². The number of carbonyl (C=O) groups excluding carboxylic acids is 2. The van der Waals surface area contributed by atoms with E-state index < -0.39 is 0 Å². The number of nitrogens with one attached hydrogen (secondary N) is 2. The molecule has 1 aromatic rings. The van der Waals surface area contributed by atoms with E-state index in [0.29, 0.717) is 17.9 Å². The molecule has 0 unspecified atom stereocenters. The normalized spacial score (nSPS) is 9.89. The number of amides is 1. The summed E-state index contributed by atoms with van der Waals surface area (Å²) in [7, 11) is 0. The number of likely N-dealkylation sites (N-methyl/N-ethyl adjacent to an activating group) is 1.